The zero-order valence-electron chi connectivity index (χ0n) is 24.1. The van der Waals surface area contributed by atoms with Gasteiger partial charge in [-0.05, 0) is 66.3 Å². The first-order valence-electron chi connectivity index (χ1n) is 13.7. The lowest BCUT2D eigenvalue weighted by molar-refractivity contribution is -0.121. The summed E-state index contributed by atoms with van der Waals surface area (Å²) in [4.78, 5) is 41.4. The zero-order valence-corrected chi connectivity index (χ0v) is 25.6. The van der Waals surface area contributed by atoms with Crippen molar-refractivity contribution in [2.75, 3.05) is 24.7 Å². The van der Waals surface area contributed by atoms with Crippen LogP contribution in [0, 0.1) is 11.2 Å². The molecule has 0 saturated carbocycles. The molecular weight excluding hydrogens is 578 g/mol. The number of hydrogen-bond donors (Lipinski definition) is 3. The van der Waals surface area contributed by atoms with Crippen LogP contribution in [-0.2, 0) is 15.0 Å². The summed E-state index contributed by atoms with van der Waals surface area (Å²) in [5.41, 5.74) is 1.41. The van der Waals surface area contributed by atoms with Gasteiger partial charge in [0.05, 0.1) is 16.5 Å². The Hall–Kier alpha value is -3.46. The summed E-state index contributed by atoms with van der Waals surface area (Å²) < 4.78 is 15.4. The Morgan fingerprint density at radius 2 is 1.76 bits per heavy atom. The summed E-state index contributed by atoms with van der Waals surface area (Å²) in [5, 5.41) is 9.65. The van der Waals surface area contributed by atoms with E-state index in [1.165, 1.54) is 11.0 Å². The van der Waals surface area contributed by atoms with Crippen LogP contribution >= 0.6 is 23.2 Å². The van der Waals surface area contributed by atoms with E-state index in [-0.39, 0.29) is 40.1 Å². The lowest BCUT2D eigenvalue weighted by Gasteiger charge is -2.34. The van der Waals surface area contributed by atoms with E-state index in [9.17, 15) is 14.4 Å². The summed E-state index contributed by atoms with van der Waals surface area (Å²) in [5.74, 6) is -1.34. The van der Waals surface area contributed by atoms with Crippen LogP contribution in [0.2, 0.25) is 10.0 Å². The highest BCUT2D eigenvalue weighted by atomic mass is 35.5. The van der Waals surface area contributed by atoms with E-state index in [1.54, 1.807) is 62.6 Å². The molecule has 1 spiro atoms. The predicted octanol–water partition coefficient (Wildman–Crippen LogP) is 6.50. The Morgan fingerprint density at radius 1 is 1.07 bits per heavy atom. The van der Waals surface area contributed by atoms with Gasteiger partial charge in [-0.25, -0.2) is 4.39 Å². The number of amides is 3. The normalized spacial score (nSPS) is 21.3. The molecule has 42 heavy (non-hydrogen) atoms. The molecule has 2 aliphatic rings. The number of anilines is 2. The number of halogens is 3. The van der Waals surface area contributed by atoms with Gasteiger partial charge in [-0.15, -0.1) is 0 Å². The largest absolute Gasteiger partial charge is 0.345 e. The number of fused-ring (bicyclic) bond motifs is 2. The Bertz CT molecular complexity index is 1590. The molecule has 3 amide bonds. The van der Waals surface area contributed by atoms with Crippen LogP contribution in [0.3, 0.4) is 0 Å². The van der Waals surface area contributed by atoms with E-state index >= 15 is 4.39 Å². The molecule has 3 aromatic rings. The molecule has 0 bridgehead atoms. The van der Waals surface area contributed by atoms with E-state index in [0.717, 1.165) is 0 Å². The molecule has 3 atom stereocenters. The molecule has 5 rings (SSSR count). The number of carbonyl (C=O) groups is 3. The minimum absolute atomic E-state index is 0.0427. The van der Waals surface area contributed by atoms with Crippen molar-refractivity contribution >= 4 is 52.3 Å². The summed E-state index contributed by atoms with van der Waals surface area (Å²) >= 11 is 12.6. The van der Waals surface area contributed by atoms with E-state index in [1.807, 2.05) is 0 Å². The van der Waals surface area contributed by atoms with Crippen LogP contribution in [0.5, 0.6) is 0 Å². The van der Waals surface area contributed by atoms with Gasteiger partial charge in [0.25, 0.3) is 5.91 Å². The zero-order chi connectivity index (χ0) is 30.6. The molecule has 2 heterocycles. The predicted molar refractivity (Wildman–Crippen MR) is 165 cm³/mol. The number of carbonyl (C=O) groups excluding carboxylic acids is 3. The molecule has 3 aromatic carbocycles. The highest BCUT2D eigenvalue weighted by Crippen LogP contribution is 2.54. The molecule has 3 N–H and O–H groups in total. The lowest BCUT2D eigenvalue weighted by atomic mass is 9.68. The van der Waals surface area contributed by atoms with Gasteiger partial charge in [0.1, 0.15) is 5.82 Å². The molecule has 1 saturated heterocycles. The fraction of sp³-hybridized carbons (Fsp3) is 0.344. The van der Waals surface area contributed by atoms with Gasteiger partial charge in [0.15, 0.2) is 0 Å². The second-order valence-corrected chi connectivity index (χ2v) is 13.3. The van der Waals surface area contributed by atoms with Gasteiger partial charge < -0.3 is 20.9 Å². The molecule has 220 valence electrons. The van der Waals surface area contributed by atoms with Crippen molar-refractivity contribution in [1.82, 2.24) is 10.2 Å². The second-order valence-electron chi connectivity index (χ2n) is 12.4. The third-order valence-electron chi connectivity index (χ3n) is 7.91. The van der Waals surface area contributed by atoms with Gasteiger partial charge in [-0.3, -0.25) is 14.4 Å². The highest BCUT2D eigenvalue weighted by Gasteiger charge is 2.60. The van der Waals surface area contributed by atoms with Crippen molar-refractivity contribution in [2.45, 2.75) is 51.1 Å². The summed E-state index contributed by atoms with van der Waals surface area (Å²) in [6, 6.07) is 13.5. The van der Waals surface area contributed by atoms with Crippen LogP contribution in [0.25, 0.3) is 11.1 Å². The highest BCUT2D eigenvalue weighted by molar-refractivity contribution is 6.32. The number of benzene rings is 3. The summed E-state index contributed by atoms with van der Waals surface area (Å²) in [7, 11) is 3.34. The number of nitrogens with one attached hydrogen (secondary N) is 3. The minimum atomic E-state index is -1.18. The first-order valence-corrected chi connectivity index (χ1v) is 14.5. The van der Waals surface area contributed by atoms with Crippen molar-refractivity contribution in [1.29, 1.82) is 0 Å². The number of hydrogen-bond acceptors (Lipinski definition) is 4. The van der Waals surface area contributed by atoms with Gasteiger partial charge in [-0.1, -0.05) is 56.1 Å². The lowest BCUT2D eigenvalue weighted by Crippen LogP contribution is -2.48. The van der Waals surface area contributed by atoms with Crippen LogP contribution in [0.1, 0.15) is 49.5 Å². The molecule has 0 radical (unpaired) electrons. The van der Waals surface area contributed by atoms with Crippen molar-refractivity contribution in [3.8, 4) is 11.1 Å². The monoisotopic (exact) mass is 610 g/mol. The topological polar surface area (TPSA) is 90.5 Å². The molecule has 2 aliphatic heterocycles. The average molecular weight is 612 g/mol. The minimum Gasteiger partial charge on any atom is -0.345 e. The van der Waals surface area contributed by atoms with Crippen LogP contribution in [-0.4, -0.2) is 48.8 Å². The number of nitrogens with zero attached hydrogens (tertiary/aromatic N) is 1. The van der Waals surface area contributed by atoms with Gasteiger partial charge in [0, 0.05) is 53.2 Å². The Labute approximate surface area is 254 Å². The maximum Gasteiger partial charge on any atom is 0.253 e. The smallest absolute Gasteiger partial charge is 0.253 e. The second kappa shape index (κ2) is 11.0. The van der Waals surface area contributed by atoms with Gasteiger partial charge in [0.2, 0.25) is 11.8 Å². The molecule has 0 aromatic heterocycles. The van der Waals surface area contributed by atoms with Crippen molar-refractivity contribution in [2.24, 2.45) is 5.41 Å². The maximum atomic E-state index is 15.4. The van der Waals surface area contributed by atoms with E-state index in [0.29, 0.717) is 39.5 Å². The molecule has 0 aliphatic carbocycles. The SMILES string of the molecule is CN(C)C(=O)c1ccc(NC(=O)[C@@H]2C[C@@]3(C(=O)Nc4cc(Cl)cc(-c5cccc(Cl)c5F)c43)[C@@H](CC(C)(C)C)N2)cc1. The Balaban J connectivity index is 1.55. The molecule has 1 fully saturated rings. The van der Waals surface area contributed by atoms with Crippen molar-refractivity contribution in [3.63, 3.8) is 0 Å². The fourth-order valence-electron chi connectivity index (χ4n) is 6.09. The molecule has 7 nitrogen and oxygen atoms in total. The van der Waals surface area contributed by atoms with Gasteiger partial charge in [-0.2, -0.15) is 0 Å². The molecule has 0 unspecified atom stereocenters. The van der Waals surface area contributed by atoms with Crippen LogP contribution in [0.15, 0.2) is 54.6 Å². The van der Waals surface area contributed by atoms with Crippen LogP contribution in [0.4, 0.5) is 15.8 Å². The standard InChI is InChI=1S/C32H33Cl2FN4O3/c1-31(2,3)16-25-32(15-24(37-25)28(40)36-19-11-9-17(10-12-19)29(41)39(4)5)26-21(20-7-6-8-22(34)27(20)35)13-18(33)14-23(26)38-30(32)42/h6-14,24-25,37H,15-16H2,1-5H3,(H,36,40)(H,38,42)/t24-,25+,32+/m0/s1. The van der Waals surface area contributed by atoms with Crippen molar-refractivity contribution < 1.29 is 18.8 Å². The van der Waals surface area contributed by atoms with Crippen molar-refractivity contribution in [3.05, 3.63) is 81.6 Å². The van der Waals surface area contributed by atoms with E-state index < -0.39 is 23.3 Å². The van der Waals surface area contributed by atoms with E-state index in [4.69, 9.17) is 23.2 Å². The molecule has 10 heteroatoms. The van der Waals surface area contributed by atoms with Gasteiger partial charge >= 0.3 is 0 Å². The fourth-order valence-corrected chi connectivity index (χ4v) is 6.48. The Kier molecular flexibility index (Phi) is 7.85. The maximum absolute atomic E-state index is 15.4. The summed E-state index contributed by atoms with van der Waals surface area (Å²) in [6.45, 7) is 6.21. The quantitative estimate of drug-likeness (QED) is 0.308. The third kappa shape index (κ3) is 5.39. The third-order valence-corrected chi connectivity index (χ3v) is 8.42. The molecular formula is C32H33Cl2FN4O3. The van der Waals surface area contributed by atoms with Crippen LogP contribution < -0.4 is 16.0 Å². The Morgan fingerprint density at radius 3 is 2.40 bits per heavy atom. The first-order chi connectivity index (χ1) is 19.7. The number of rotatable bonds is 5. The van der Waals surface area contributed by atoms with E-state index in [2.05, 4.69) is 36.7 Å². The average Bonchev–Trinajstić information content (AvgIpc) is 3.41. The summed E-state index contributed by atoms with van der Waals surface area (Å²) in [6.07, 6.45) is 0.706. The first kappa shape index (κ1) is 30.0.